The number of rotatable bonds is 2. The van der Waals surface area contributed by atoms with E-state index in [2.05, 4.69) is 15.2 Å². The second-order valence-corrected chi connectivity index (χ2v) is 6.20. The first kappa shape index (κ1) is 11.2. The van der Waals surface area contributed by atoms with Gasteiger partial charge < -0.3 is 0 Å². The van der Waals surface area contributed by atoms with Crippen LogP contribution in [-0.2, 0) is 0 Å². The van der Waals surface area contributed by atoms with Crippen molar-refractivity contribution in [3.63, 3.8) is 0 Å². The van der Waals surface area contributed by atoms with Crippen molar-refractivity contribution in [3.8, 4) is 10.7 Å². The second-order valence-electron chi connectivity index (χ2n) is 4.48. The van der Waals surface area contributed by atoms with Gasteiger partial charge in [0.25, 0.3) is 0 Å². The van der Waals surface area contributed by atoms with E-state index in [0.717, 1.165) is 20.9 Å². The van der Waals surface area contributed by atoms with Crippen LogP contribution in [0.1, 0.15) is 43.8 Å². The predicted molar refractivity (Wildman–Crippen MR) is 70.5 cm³/mol. The number of halogens is 1. The first-order chi connectivity index (χ1) is 8.33. The van der Waals surface area contributed by atoms with Gasteiger partial charge in [-0.1, -0.05) is 30.9 Å². The van der Waals surface area contributed by atoms with E-state index >= 15 is 0 Å². The van der Waals surface area contributed by atoms with E-state index in [1.807, 2.05) is 12.1 Å². The number of hydrogen-bond donors (Lipinski definition) is 1. The number of H-pyrrole nitrogens is 1. The fourth-order valence-corrected chi connectivity index (χ4v) is 3.35. The van der Waals surface area contributed by atoms with Crippen LogP contribution in [0, 0.1) is 0 Å². The van der Waals surface area contributed by atoms with Crippen LogP contribution in [0.2, 0.25) is 4.34 Å². The molecule has 0 aromatic carbocycles. The molecule has 0 unspecified atom stereocenters. The molecule has 90 valence electrons. The van der Waals surface area contributed by atoms with Crippen molar-refractivity contribution in [1.29, 1.82) is 0 Å². The molecular weight excluding hydrogens is 254 g/mol. The largest absolute Gasteiger partial charge is 0.262 e. The van der Waals surface area contributed by atoms with Crippen molar-refractivity contribution >= 4 is 22.9 Å². The average Bonchev–Trinajstić information content (AvgIpc) is 2.98. The molecule has 1 N–H and O–H groups in total. The molecule has 0 bridgehead atoms. The molecule has 5 heteroatoms. The summed E-state index contributed by atoms with van der Waals surface area (Å²) in [6.45, 7) is 0. The van der Waals surface area contributed by atoms with Gasteiger partial charge in [-0.2, -0.15) is 5.10 Å². The molecule has 0 spiro atoms. The minimum atomic E-state index is 0.570. The van der Waals surface area contributed by atoms with Crippen LogP contribution in [-0.4, -0.2) is 15.2 Å². The Kier molecular flexibility index (Phi) is 3.16. The molecule has 1 fully saturated rings. The van der Waals surface area contributed by atoms with Gasteiger partial charge in [0.15, 0.2) is 5.82 Å². The number of nitrogens with one attached hydrogen (secondary N) is 1. The molecule has 0 atom stereocenters. The van der Waals surface area contributed by atoms with Crippen LogP contribution in [0.4, 0.5) is 0 Å². The van der Waals surface area contributed by atoms with Gasteiger partial charge in [0, 0.05) is 5.92 Å². The lowest BCUT2D eigenvalue weighted by Gasteiger charge is -2.18. The smallest absolute Gasteiger partial charge is 0.191 e. The average molecular weight is 268 g/mol. The minimum absolute atomic E-state index is 0.570. The first-order valence-corrected chi connectivity index (χ1v) is 7.20. The van der Waals surface area contributed by atoms with Gasteiger partial charge in [-0.15, -0.1) is 11.3 Å². The molecule has 0 amide bonds. The third-order valence-electron chi connectivity index (χ3n) is 3.29. The van der Waals surface area contributed by atoms with Gasteiger partial charge in [0.2, 0.25) is 0 Å². The molecule has 0 aliphatic heterocycles. The fraction of sp³-hybridized carbons (Fsp3) is 0.500. The monoisotopic (exact) mass is 267 g/mol. The van der Waals surface area contributed by atoms with E-state index < -0.39 is 0 Å². The molecule has 2 aromatic heterocycles. The summed E-state index contributed by atoms with van der Waals surface area (Å²) in [7, 11) is 0. The Hall–Kier alpha value is -0.870. The third kappa shape index (κ3) is 2.38. The number of aromatic amines is 1. The van der Waals surface area contributed by atoms with E-state index in [0.29, 0.717) is 5.92 Å². The van der Waals surface area contributed by atoms with E-state index in [4.69, 9.17) is 11.6 Å². The molecule has 2 aromatic rings. The summed E-state index contributed by atoms with van der Waals surface area (Å²) in [5.74, 6) is 2.40. The van der Waals surface area contributed by atoms with Crippen molar-refractivity contribution in [3.05, 3.63) is 22.3 Å². The van der Waals surface area contributed by atoms with Crippen molar-refractivity contribution in [2.45, 2.75) is 38.0 Å². The summed E-state index contributed by atoms with van der Waals surface area (Å²) in [6, 6.07) is 3.86. The molecule has 3 nitrogen and oxygen atoms in total. The number of nitrogens with zero attached hydrogens (tertiary/aromatic N) is 2. The Morgan fingerprint density at radius 2 is 2.06 bits per heavy atom. The van der Waals surface area contributed by atoms with Gasteiger partial charge in [-0.3, -0.25) is 5.10 Å². The van der Waals surface area contributed by atoms with Crippen molar-refractivity contribution in [2.24, 2.45) is 0 Å². The lowest BCUT2D eigenvalue weighted by molar-refractivity contribution is 0.429. The van der Waals surface area contributed by atoms with Crippen molar-refractivity contribution in [1.82, 2.24) is 15.2 Å². The van der Waals surface area contributed by atoms with Crippen molar-refractivity contribution < 1.29 is 0 Å². The molecule has 0 radical (unpaired) electrons. The molecule has 0 saturated heterocycles. The summed E-state index contributed by atoms with van der Waals surface area (Å²) < 4.78 is 0.781. The zero-order valence-corrected chi connectivity index (χ0v) is 11.0. The molecule has 17 heavy (non-hydrogen) atoms. The van der Waals surface area contributed by atoms with Crippen LogP contribution >= 0.6 is 22.9 Å². The molecule has 3 rings (SSSR count). The van der Waals surface area contributed by atoms with E-state index in [-0.39, 0.29) is 0 Å². The van der Waals surface area contributed by atoms with Gasteiger partial charge in [0.05, 0.1) is 9.21 Å². The highest BCUT2D eigenvalue weighted by molar-refractivity contribution is 7.19. The lowest BCUT2D eigenvalue weighted by Crippen LogP contribution is -2.06. The number of hydrogen-bond acceptors (Lipinski definition) is 3. The van der Waals surface area contributed by atoms with Gasteiger partial charge in [-0.05, 0) is 25.0 Å². The maximum Gasteiger partial charge on any atom is 0.191 e. The quantitative estimate of drug-likeness (QED) is 0.884. The van der Waals surface area contributed by atoms with Gasteiger partial charge in [-0.25, -0.2) is 4.98 Å². The molecule has 1 saturated carbocycles. The number of thiophene rings is 1. The third-order valence-corrected chi connectivity index (χ3v) is 4.52. The topological polar surface area (TPSA) is 41.6 Å². The second kappa shape index (κ2) is 4.78. The Morgan fingerprint density at radius 1 is 1.24 bits per heavy atom. The highest BCUT2D eigenvalue weighted by Crippen LogP contribution is 2.33. The first-order valence-electron chi connectivity index (χ1n) is 6.01. The highest BCUT2D eigenvalue weighted by atomic mass is 35.5. The van der Waals surface area contributed by atoms with Crippen LogP contribution < -0.4 is 0 Å². The highest BCUT2D eigenvalue weighted by Gasteiger charge is 2.19. The Bertz CT molecular complexity index is 499. The van der Waals surface area contributed by atoms with Gasteiger partial charge in [0.1, 0.15) is 5.82 Å². The molecular formula is C12H14ClN3S. The van der Waals surface area contributed by atoms with Crippen molar-refractivity contribution in [2.75, 3.05) is 0 Å². The van der Waals surface area contributed by atoms with E-state index in [1.165, 1.54) is 43.4 Å². The van der Waals surface area contributed by atoms with Crippen LogP contribution in [0.5, 0.6) is 0 Å². The molecule has 1 aliphatic carbocycles. The standard InChI is InChI=1S/C12H14ClN3S/c13-10-7-6-9(17-10)12-14-11(15-16-12)8-4-2-1-3-5-8/h6-8H,1-5H2,(H,14,15,16). The summed E-state index contributed by atoms with van der Waals surface area (Å²) in [5.41, 5.74) is 0. The number of aromatic nitrogens is 3. The SMILES string of the molecule is Clc1ccc(-c2n[nH]c(C3CCCCC3)n2)s1. The summed E-state index contributed by atoms with van der Waals surface area (Å²) in [6.07, 6.45) is 6.45. The maximum absolute atomic E-state index is 5.92. The van der Waals surface area contributed by atoms with Crippen LogP contribution in [0.3, 0.4) is 0 Å². The fourth-order valence-electron chi connectivity index (χ4n) is 2.38. The zero-order chi connectivity index (χ0) is 11.7. The molecule has 2 heterocycles. The Morgan fingerprint density at radius 3 is 2.76 bits per heavy atom. The van der Waals surface area contributed by atoms with E-state index in [1.54, 1.807) is 0 Å². The van der Waals surface area contributed by atoms with Crippen LogP contribution in [0.25, 0.3) is 10.7 Å². The lowest BCUT2D eigenvalue weighted by atomic mass is 9.89. The molecule has 1 aliphatic rings. The van der Waals surface area contributed by atoms with E-state index in [9.17, 15) is 0 Å². The Balaban J connectivity index is 1.82. The Labute approximate surface area is 109 Å². The normalized spacial score (nSPS) is 17.5. The van der Waals surface area contributed by atoms with Gasteiger partial charge >= 0.3 is 0 Å². The zero-order valence-electron chi connectivity index (χ0n) is 9.45. The predicted octanol–water partition coefficient (Wildman–Crippen LogP) is 4.23. The van der Waals surface area contributed by atoms with Crippen LogP contribution in [0.15, 0.2) is 12.1 Å². The summed E-state index contributed by atoms with van der Waals surface area (Å²) >= 11 is 7.44. The summed E-state index contributed by atoms with van der Waals surface area (Å²) in [4.78, 5) is 5.64. The minimum Gasteiger partial charge on any atom is -0.262 e. The summed E-state index contributed by atoms with van der Waals surface area (Å²) in [5, 5.41) is 7.38. The maximum atomic E-state index is 5.92.